The summed E-state index contributed by atoms with van der Waals surface area (Å²) < 4.78 is 0. The molecule has 2 aromatic heterocycles. The molecule has 4 heterocycles. The van der Waals surface area contributed by atoms with E-state index < -0.39 is 0 Å². The SMILES string of the molecule is O=C(Cc1c[nH]c2ccccc12)N1CCC(c2nc(C(=O)N3CCN(Cc4ccccc4)CC3)cs2)CC1. The molecule has 0 aliphatic carbocycles. The number of likely N-dealkylation sites (tertiary alicyclic amines) is 1. The first kappa shape index (κ1) is 24.8. The first-order chi connectivity index (χ1) is 18.6. The first-order valence-corrected chi connectivity index (χ1v) is 14.4. The number of H-pyrrole nitrogens is 1. The summed E-state index contributed by atoms with van der Waals surface area (Å²) in [5.74, 6) is 0.522. The van der Waals surface area contributed by atoms with Gasteiger partial charge in [-0.2, -0.15) is 0 Å². The number of carbonyl (C=O) groups is 2. The number of piperidine rings is 1. The van der Waals surface area contributed by atoms with Gasteiger partial charge in [-0.05, 0) is 30.0 Å². The van der Waals surface area contributed by atoms with Crippen LogP contribution in [-0.2, 0) is 17.8 Å². The lowest BCUT2D eigenvalue weighted by Crippen LogP contribution is -2.48. The number of nitrogens with one attached hydrogen (secondary N) is 1. The molecule has 0 saturated carbocycles. The van der Waals surface area contributed by atoms with Crippen molar-refractivity contribution >= 4 is 34.1 Å². The number of aromatic amines is 1. The third-order valence-electron chi connectivity index (χ3n) is 7.86. The number of carbonyl (C=O) groups excluding carboxylic acids is 2. The number of hydrogen-bond acceptors (Lipinski definition) is 5. The highest BCUT2D eigenvalue weighted by Crippen LogP contribution is 2.31. The monoisotopic (exact) mass is 527 g/mol. The van der Waals surface area contributed by atoms with E-state index in [1.807, 2.05) is 45.6 Å². The van der Waals surface area contributed by atoms with Crippen LogP contribution in [-0.4, -0.2) is 75.8 Å². The van der Waals surface area contributed by atoms with Gasteiger partial charge in [-0.15, -0.1) is 11.3 Å². The molecule has 4 aromatic rings. The van der Waals surface area contributed by atoms with Crippen LogP contribution in [0.2, 0.25) is 0 Å². The third-order valence-corrected chi connectivity index (χ3v) is 8.87. The number of benzene rings is 2. The highest BCUT2D eigenvalue weighted by Gasteiger charge is 2.28. The van der Waals surface area contributed by atoms with E-state index in [4.69, 9.17) is 4.98 Å². The average molecular weight is 528 g/mol. The maximum atomic E-state index is 13.1. The molecule has 2 fully saturated rings. The predicted molar refractivity (Wildman–Crippen MR) is 150 cm³/mol. The number of aromatic nitrogens is 2. The Morgan fingerprint density at radius 2 is 1.63 bits per heavy atom. The number of nitrogens with zero attached hydrogens (tertiary/aromatic N) is 4. The van der Waals surface area contributed by atoms with Crippen molar-refractivity contribution in [2.75, 3.05) is 39.3 Å². The summed E-state index contributed by atoms with van der Waals surface area (Å²) >= 11 is 1.59. The summed E-state index contributed by atoms with van der Waals surface area (Å²) in [6.45, 7) is 5.61. The van der Waals surface area contributed by atoms with E-state index in [0.29, 0.717) is 18.0 Å². The van der Waals surface area contributed by atoms with Crippen LogP contribution in [0.1, 0.15) is 45.4 Å². The van der Waals surface area contributed by atoms with E-state index >= 15 is 0 Å². The maximum Gasteiger partial charge on any atom is 0.273 e. The van der Waals surface area contributed by atoms with Gasteiger partial charge in [0.2, 0.25) is 5.91 Å². The molecule has 2 saturated heterocycles. The molecule has 0 bridgehead atoms. The summed E-state index contributed by atoms with van der Waals surface area (Å²) in [5.41, 5.74) is 4.00. The van der Waals surface area contributed by atoms with Crippen molar-refractivity contribution in [3.8, 4) is 0 Å². The molecule has 7 nitrogen and oxygen atoms in total. The van der Waals surface area contributed by atoms with E-state index in [9.17, 15) is 9.59 Å². The minimum Gasteiger partial charge on any atom is -0.361 e. The van der Waals surface area contributed by atoms with Gasteiger partial charge in [0.1, 0.15) is 5.69 Å². The van der Waals surface area contributed by atoms with Crippen molar-refractivity contribution in [3.63, 3.8) is 0 Å². The van der Waals surface area contributed by atoms with Crippen LogP contribution in [0, 0.1) is 0 Å². The quantitative estimate of drug-likeness (QED) is 0.400. The summed E-state index contributed by atoms with van der Waals surface area (Å²) in [6, 6.07) is 18.6. The lowest BCUT2D eigenvalue weighted by atomic mass is 9.97. The second kappa shape index (κ2) is 11.1. The highest BCUT2D eigenvalue weighted by atomic mass is 32.1. The van der Waals surface area contributed by atoms with Crippen LogP contribution < -0.4 is 0 Å². The number of rotatable bonds is 6. The molecule has 0 spiro atoms. The van der Waals surface area contributed by atoms with E-state index in [0.717, 1.165) is 80.1 Å². The first-order valence-electron chi connectivity index (χ1n) is 13.5. The molecule has 2 amide bonds. The molecule has 0 radical (unpaired) electrons. The molecule has 0 atom stereocenters. The van der Waals surface area contributed by atoms with Crippen LogP contribution in [0.5, 0.6) is 0 Å². The van der Waals surface area contributed by atoms with Crippen molar-refractivity contribution < 1.29 is 9.59 Å². The zero-order valence-electron chi connectivity index (χ0n) is 21.5. The Hall–Kier alpha value is -3.49. The summed E-state index contributed by atoms with van der Waals surface area (Å²) in [5, 5.41) is 4.07. The number of hydrogen-bond donors (Lipinski definition) is 1. The summed E-state index contributed by atoms with van der Waals surface area (Å²) in [7, 11) is 0. The minimum absolute atomic E-state index is 0.0400. The fourth-order valence-electron chi connectivity index (χ4n) is 5.61. The number of piperazine rings is 1. The number of fused-ring (bicyclic) bond motifs is 1. The number of amides is 2. The topological polar surface area (TPSA) is 72.5 Å². The van der Waals surface area contributed by atoms with Crippen molar-refractivity contribution in [2.24, 2.45) is 0 Å². The van der Waals surface area contributed by atoms with Crippen LogP contribution in [0.3, 0.4) is 0 Å². The molecule has 196 valence electrons. The lowest BCUT2D eigenvalue weighted by Gasteiger charge is -2.34. The smallest absolute Gasteiger partial charge is 0.273 e. The Balaban J connectivity index is 0.991. The Bertz CT molecular complexity index is 1400. The Morgan fingerprint density at radius 3 is 2.42 bits per heavy atom. The van der Waals surface area contributed by atoms with Gasteiger partial charge in [0.15, 0.2) is 0 Å². The Morgan fingerprint density at radius 1 is 0.895 bits per heavy atom. The molecular weight excluding hydrogens is 494 g/mol. The van der Waals surface area contributed by atoms with E-state index in [2.05, 4.69) is 40.2 Å². The van der Waals surface area contributed by atoms with Crippen molar-refractivity contribution in [1.29, 1.82) is 0 Å². The van der Waals surface area contributed by atoms with Crippen molar-refractivity contribution in [2.45, 2.75) is 31.7 Å². The van der Waals surface area contributed by atoms with E-state index in [-0.39, 0.29) is 11.8 Å². The average Bonchev–Trinajstić information content (AvgIpc) is 3.62. The van der Waals surface area contributed by atoms with Crippen molar-refractivity contribution in [1.82, 2.24) is 24.7 Å². The Kier molecular flexibility index (Phi) is 7.25. The molecule has 38 heavy (non-hydrogen) atoms. The summed E-state index contributed by atoms with van der Waals surface area (Å²) in [6.07, 6.45) is 4.15. The molecule has 0 unspecified atom stereocenters. The molecular formula is C30H33N5O2S. The highest BCUT2D eigenvalue weighted by molar-refractivity contribution is 7.09. The van der Waals surface area contributed by atoms with Gasteiger partial charge in [0, 0.05) is 74.2 Å². The molecule has 2 aliphatic heterocycles. The predicted octanol–water partition coefficient (Wildman–Crippen LogP) is 4.53. The van der Waals surface area contributed by atoms with Crippen molar-refractivity contribution in [3.05, 3.63) is 88.0 Å². The fourth-order valence-corrected chi connectivity index (χ4v) is 6.58. The number of thiazole rings is 1. The molecule has 2 aromatic carbocycles. The summed E-state index contributed by atoms with van der Waals surface area (Å²) in [4.78, 5) is 40.5. The Labute approximate surface area is 227 Å². The minimum atomic E-state index is 0.0400. The van der Waals surface area contributed by atoms with Crippen LogP contribution in [0.4, 0.5) is 0 Å². The zero-order chi connectivity index (χ0) is 25.9. The molecule has 2 aliphatic rings. The fraction of sp³-hybridized carbons (Fsp3) is 0.367. The lowest BCUT2D eigenvalue weighted by molar-refractivity contribution is -0.131. The van der Waals surface area contributed by atoms with Crippen LogP contribution >= 0.6 is 11.3 Å². The van der Waals surface area contributed by atoms with E-state index in [1.54, 1.807) is 11.3 Å². The van der Waals surface area contributed by atoms with E-state index in [1.165, 1.54) is 5.56 Å². The second-order valence-corrected chi connectivity index (χ2v) is 11.2. The van der Waals surface area contributed by atoms with Gasteiger partial charge in [0.05, 0.1) is 11.4 Å². The zero-order valence-corrected chi connectivity index (χ0v) is 22.3. The standard InChI is InChI=1S/C30H33N5O2S/c36-28(18-24-19-31-26-9-5-4-8-25(24)26)34-12-10-23(11-13-34)29-32-27(21-38-29)30(37)35-16-14-33(15-17-35)20-22-6-2-1-3-7-22/h1-9,19,21,23,31H,10-18,20H2. The van der Waals surface area contributed by atoms with Crippen LogP contribution in [0.15, 0.2) is 66.2 Å². The second-order valence-electron chi connectivity index (χ2n) is 10.3. The van der Waals surface area contributed by atoms with Gasteiger partial charge in [0.25, 0.3) is 5.91 Å². The normalized spacial score (nSPS) is 17.3. The van der Waals surface area contributed by atoms with Gasteiger partial charge < -0.3 is 14.8 Å². The molecule has 1 N–H and O–H groups in total. The van der Waals surface area contributed by atoms with Gasteiger partial charge in [-0.3, -0.25) is 14.5 Å². The number of para-hydroxylation sites is 1. The third kappa shape index (κ3) is 5.37. The van der Waals surface area contributed by atoms with Gasteiger partial charge in [-0.1, -0.05) is 48.5 Å². The molecule has 6 rings (SSSR count). The van der Waals surface area contributed by atoms with Gasteiger partial charge in [-0.25, -0.2) is 4.98 Å². The largest absolute Gasteiger partial charge is 0.361 e. The van der Waals surface area contributed by atoms with Gasteiger partial charge >= 0.3 is 0 Å². The maximum absolute atomic E-state index is 13.1. The van der Waals surface area contributed by atoms with Crippen LogP contribution in [0.25, 0.3) is 10.9 Å². The molecule has 8 heteroatoms.